The second kappa shape index (κ2) is 11.6. The summed E-state index contributed by atoms with van der Waals surface area (Å²) in [5, 5.41) is 16.2. The van der Waals surface area contributed by atoms with Crippen LogP contribution in [0.15, 0.2) is 60.1 Å². The molecule has 2 aromatic carbocycles. The van der Waals surface area contributed by atoms with E-state index in [4.69, 9.17) is 0 Å². The van der Waals surface area contributed by atoms with Gasteiger partial charge in [-0.15, -0.1) is 11.3 Å². The van der Waals surface area contributed by atoms with Crippen molar-refractivity contribution in [3.05, 3.63) is 71.2 Å². The molecule has 0 saturated carbocycles. The Morgan fingerprint density at radius 2 is 1.73 bits per heavy atom. The summed E-state index contributed by atoms with van der Waals surface area (Å²) in [5.41, 5.74) is 2.99. The fourth-order valence-electron chi connectivity index (χ4n) is 5.02. The molecule has 1 saturated heterocycles. The number of H-pyrrole nitrogens is 1. The normalized spacial score (nSPS) is 15.8. The zero-order valence-corrected chi connectivity index (χ0v) is 21.3. The Kier molecular flexibility index (Phi) is 7.82. The number of rotatable bonds is 10. The van der Waals surface area contributed by atoms with Gasteiger partial charge in [0.25, 0.3) is 0 Å². The lowest BCUT2D eigenvalue weighted by atomic mass is 9.96. The van der Waals surface area contributed by atoms with Crippen LogP contribution in [-0.2, 0) is 27.2 Å². The maximum Gasteiger partial charge on any atom is 0.244 e. The van der Waals surface area contributed by atoms with Gasteiger partial charge in [-0.3, -0.25) is 14.4 Å². The SMILES string of the molecule is O=CN[C@@H](Cc1c[nH]c2ccccc12)NC(=O)[C@@H](Cc1csc2ccccc12)NC(=O)C1CCNCC1. The molecule has 1 fully saturated rings. The molecular formula is C28H31N5O3S. The number of thiophene rings is 1. The third-order valence-corrected chi connectivity index (χ3v) is 8.03. The van der Waals surface area contributed by atoms with Crippen LogP contribution < -0.4 is 21.3 Å². The first kappa shape index (κ1) is 25.0. The van der Waals surface area contributed by atoms with Crippen LogP contribution in [0, 0.1) is 5.92 Å². The first-order valence-electron chi connectivity index (χ1n) is 12.6. The van der Waals surface area contributed by atoms with Gasteiger partial charge in [0.15, 0.2) is 0 Å². The van der Waals surface area contributed by atoms with E-state index in [1.165, 1.54) is 0 Å². The summed E-state index contributed by atoms with van der Waals surface area (Å²) in [7, 11) is 0. The zero-order valence-electron chi connectivity index (χ0n) is 20.5. The molecule has 3 heterocycles. The fourth-order valence-corrected chi connectivity index (χ4v) is 6.00. The summed E-state index contributed by atoms with van der Waals surface area (Å²) in [5.74, 6) is -0.541. The Labute approximate surface area is 219 Å². The minimum Gasteiger partial charge on any atom is -0.361 e. The smallest absolute Gasteiger partial charge is 0.244 e. The second-order valence-corrected chi connectivity index (χ2v) is 10.4. The van der Waals surface area contributed by atoms with Crippen molar-refractivity contribution in [1.29, 1.82) is 0 Å². The van der Waals surface area contributed by atoms with E-state index in [0.717, 1.165) is 58.0 Å². The first-order chi connectivity index (χ1) is 18.1. The summed E-state index contributed by atoms with van der Waals surface area (Å²) in [4.78, 5) is 41.4. The largest absolute Gasteiger partial charge is 0.361 e. The van der Waals surface area contributed by atoms with E-state index in [-0.39, 0.29) is 17.7 Å². The number of aromatic amines is 1. The molecule has 192 valence electrons. The van der Waals surface area contributed by atoms with Gasteiger partial charge in [0.1, 0.15) is 12.2 Å². The van der Waals surface area contributed by atoms with Crippen molar-refractivity contribution in [2.45, 2.75) is 37.9 Å². The van der Waals surface area contributed by atoms with E-state index in [1.807, 2.05) is 48.7 Å². The minimum atomic E-state index is -0.765. The van der Waals surface area contributed by atoms with Gasteiger partial charge in [0, 0.05) is 40.6 Å². The van der Waals surface area contributed by atoms with E-state index < -0.39 is 12.2 Å². The molecule has 3 amide bonds. The monoisotopic (exact) mass is 517 g/mol. The van der Waals surface area contributed by atoms with Crippen LogP contribution in [0.2, 0.25) is 0 Å². The third kappa shape index (κ3) is 5.84. The van der Waals surface area contributed by atoms with Crippen LogP contribution in [-0.4, -0.2) is 48.5 Å². The lowest BCUT2D eigenvalue weighted by Crippen LogP contribution is -2.55. The van der Waals surface area contributed by atoms with Crippen LogP contribution in [0.4, 0.5) is 0 Å². The van der Waals surface area contributed by atoms with Gasteiger partial charge in [-0.25, -0.2) is 0 Å². The van der Waals surface area contributed by atoms with Crippen molar-refractivity contribution in [2.75, 3.05) is 13.1 Å². The van der Waals surface area contributed by atoms with Crippen LogP contribution >= 0.6 is 11.3 Å². The lowest BCUT2D eigenvalue weighted by Gasteiger charge is -2.26. The molecular weight excluding hydrogens is 486 g/mol. The van der Waals surface area contributed by atoms with Gasteiger partial charge in [-0.05, 0) is 60.0 Å². The van der Waals surface area contributed by atoms with Crippen molar-refractivity contribution < 1.29 is 14.4 Å². The molecule has 5 rings (SSSR count). The number of fused-ring (bicyclic) bond motifs is 2. The number of carbonyl (C=O) groups is 3. The van der Waals surface area contributed by atoms with Crippen molar-refractivity contribution in [3.8, 4) is 0 Å². The van der Waals surface area contributed by atoms with Crippen molar-refractivity contribution in [2.24, 2.45) is 5.92 Å². The maximum absolute atomic E-state index is 13.6. The highest BCUT2D eigenvalue weighted by Gasteiger charge is 2.29. The van der Waals surface area contributed by atoms with E-state index in [0.29, 0.717) is 19.3 Å². The highest BCUT2D eigenvalue weighted by Crippen LogP contribution is 2.27. The Morgan fingerprint density at radius 1 is 0.973 bits per heavy atom. The van der Waals surface area contributed by atoms with Crippen LogP contribution in [0.3, 0.4) is 0 Å². The molecule has 0 bridgehead atoms. The number of hydrogen-bond acceptors (Lipinski definition) is 5. The molecule has 0 unspecified atom stereocenters. The Hall–Kier alpha value is -3.69. The highest BCUT2D eigenvalue weighted by atomic mass is 32.1. The Morgan fingerprint density at radius 3 is 2.54 bits per heavy atom. The lowest BCUT2D eigenvalue weighted by molar-refractivity contribution is -0.132. The number of para-hydroxylation sites is 1. The average Bonchev–Trinajstić information content (AvgIpc) is 3.53. The maximum atomic E-state index is 13.6. The van der Waals surface area contributed by atoms with E-state index >= 15 is 0 Å². The molecule has 0 radical (unpaired) electrons. The van der Waals surface area contributed by atoms with Crippen molar-refractivity contribution in [1.82, 2.24) is 26.3 Å². The number of hydrogen-bond donors (Lipinski definition) is 5. The summed E-state index contributed by atoms with van der Waals surface area (Å²) in [6.07, 6.45) is 4.13. The predicted octanol–water partition coefficient (Wildman–Crippen LogP) is 2.84. The van der Waals surface area contributed by atoms with Crippen molar-refractivity contribution in [3.63, 3.8) is 0 Å². The number of amides is 3. The summed E-state index contributed by atoms with van der Waals surface area (Å²) >= 11 is 1.63. The standard InChI is InChI=1S/C28H31N5O3S/c34-17-31-26(14-19-15-30-23-7-3-1-5-21(19)23)33-28(36)24(32-27(35)18-9-11-29-12-10-18)13-20-16-37-25-8-4-2-6-22(20)25/h1-8,15-18,24,26,29-30H,9-14H2,(H,31,34)(H,32,35)(H,33,36)/t24-,26-/m1/s1. The molecule has 8 nitrogen and oxygen atoms in total. The molecule has 1 aliphatic rings. The van der Waals surface area contributed by atoms with Gasteiger partial charge in [0.2, 0.25) is 18.2 Å². The summed E-state index contributed by atoms with van der Waals surface area (Å²) < 4.78 is 1.14. The second-order valence-electron chi connectivity index (χ2n) is 9.46. The molecule has 1 aliphatic heterocycles. The van der Waals surface area contributed by atoms with E-state index in [9.17, 15) is 14.4 Å². The zero-order chi connectivity index (χ0) is 25.6. The molecule has 0 spiro atoms. The van der Waals surface area contributed by atoms with E-state index in [1.54, 1.807) is 11.3 Å². The summed E-state index contributed by atoms with van der Waals surface area (Å²) in [6.45, 7) is 1.58. The number of nitrogens with one attached hydrogen (secondary N) is 5. The molecule has 0 aliphatic carbocycles. The molecule has 37 heavy (non-hydrogen) atoms. The van der Waals surface area contributed by atoms with Gasteiger partial charge in [0.05, 0.1) is 0 Å². The fraction of sp³-hybridized carbons (Fsp3) is 0.321. The van der Waals surface area contributed by atoms with Gasteiger partial charge >= 0.3 is 0 Å². The minimum absolute atomic E-state index is 0.0993. The van der Waals surface area contributed by atoms with Gasteiger partial charge in [-0.2, -0.15) is 0 Å². The highest BCUT2D eigenvalue weighted by molar-refractivity contribution is 7.17. The van der Waals surface area contributed by atoms with Gasteiger partial charge < -0.3 is 26.3 Å². The molecule has 2 aromatic heterocycles. The molecule has 5 N–H and O–H groups in total. The van der Waals surface area contributed by atoms with Crippen LogP contribution in [0.5, 0.6) is 0 Å². The molecule has 2 atom stereocenters. The van der Waals surface area contributed by atoms with Crippen LogP contribution in [0.1, 0.15) is 24.0 Å². The molecule has 4 aromatic rings. The van der Waals surface area contributed by atoms with Gasteiger partial charge in [-0.1, -0.05) is 36.4 Å². The first-order valence-corrected chi connectivity index (χ1v) is 13.5. The quantitative estimate of drug-likeness (QED) is 0.164. The number of aromatic nitrogens is 1. The Balaban J connectivity index is 1.35. The number of piperidine rings is 1. The van der Waals surface area contributed by atoms with Crippen molar-refractivity contribution >= 4 is 50.6 Å². The van der Waals surface area contributed by atoms with E-state index in [2.05, 4.69) is 37.7 Å². The Bertz CT molecular complexity index is 1390. The topological polar surface area (TPSA) is 115 Å². The predicted molar refractivity (Wildman–Crippen MR) is 146 cm³/mol. The van der Waals surface area contributed by atoms with Crippen LogP contribution in [0.25, 0.3) is 21.0 Å². The number of benzene rings is 2. The molecule has 9 heteroatoms. The summed E-state index contributed by atoms with van der Waals surface area (Å²) in [6, 6.07) is 15.2. The number of carbonyl (C=O) groups excluding carboxylic acids is 3. The average molecular weight is 518 g/mol. The third-order valence-electron chi connectivity index (χ3n) is 7.01.